The molecule has 0 atom stereocenters. The lowest BCUT2D eigenvalue weighted by Crippen LogP contribution is -2.06. The van der Waals surface area contributed by atoms with Crippen LogP contribution in [0.15, 0.2) is 24.8 Å². The zero-order chi connectivity index (χ0) is 12.4. The topological polar surface area (TPSA) is 124 Å². The molecule has 0 unspecified atom stereocenters. The van der Waals surface area contributed by atoms with Crippen LogP contribution in [0.2, 0.25) is 0 Å². The number of pyridine rings is 1. The SMILES string of the molecule is O=C(O)c1cnccc1-n1cnc([N+](=O)[O-])n1. The molecule has 0 bridgehead atoms. The normalized spacial score (nSPS) is 10.1. The van der Waals surface area contributed by atoms with Gasteiger partial charge in [0.1, 0.15) is 11.3 Å². The Kier molecular flexibility index (Phi) is 2.49. The molecule has 0 saturated heterocycles. The standard InChI is InChI=1S/C8H5N5O4/c14-7(15)5-3-9-2-1-6(5)12-4-10-8(11-12)13(16)17/h1-4H,(H,14,15). The van der Waals surface area contributed by atoms with E-state index < -0.39 is 16.8 Å². The van der Waals surface area contributed by atoms with Gasteiger partial charge in [0.2, 0.25) is 6.33 Å². The van der Waals surface area contributed by atoms with E-state index in [4.69, 9.17) is 5.11 Å². The van der Waals surface area contributed by atoms with E-state index in [1.54, 1.807) is 0 Å². The second kappa shape index (κ2) is 3.96. The zero-order valence-corrected chi connectivity index (χ0v) is 8.22. The van der Waals surface area contributed by atoms with Gasteiger partial charge in [-0.1, -0.05) is 4.98 Å². The highest BCUT2D eigenvalue weighted by Crippen LogP contribution is 2.13. The van der Waals surface area contributed by atoms with E-state index in [0.717, 1.165) is 17.2 Å². The smallest absolute Gasteiger partial charge is 0.478 e. The Hall–Kier alpha value is -2.84. The molecule has 0 aliphatic rings. The van der Waals surface area contributed by atoms with Crippen molar-refractivity contribution in [2.75, 3.05) is 0 Å². The Bertz CT molecular complexity index is 593. The summed E-state index contributed by atoms with van der Waals surface area (Å²) in [6.07, 6.45) is 3.56. The van der Waals surface area contributed by atoms with Gasteiger partial charge in [0.25, 0.3) is 0 Å². The van der Waals surface area contributed by atoms with E-state index in [9.17, 15) is 14.9 Å². The van der Waals surface area contributed by atoms with E-state index in [1.807, 2.05) is 0 Å². The average molecular weight is 235 g/mol. The second-order valence-electron chi connectivity index (χ2n) is 2.94. The fraction of sp³-hybridized carbons (Fsp3) is 0. The Morgan fingerprint density at radius 1 is 1.53 bits per heavy atom. The van der Waals surface area contributed by atoms with Crippen molar-refractivity contribution in [1.29, 1.82) is 0 Å². The molecule has 0 fully saturated rings. The quantitative estimate of drug-likeness (QED) is 0.597. The summed E-state index contributed by atoms with van der Waals surface area (Å²) in [5.41, 5.74) is 0.0420. The number of nitrogens with zero attached hydrogens (tertiary/aromatic N) is 5. The van der Waals surface area contributed by atoms with Crippen molar-refractivity contribution in [3.05, 3.63) is 40.5 Å². The minimum atomic E-state index is -1.20. The number of carboxylic acid groups (broad SMARTS) is 1. The summed E-state index contributed by atoms with van der Waals surface area (Å²) < 4.78 is 1.02. The maximum Gasteiger partial charge on any atom is 0.491 e. The fourth-order valence-electron chi connectivity index (χ4n) is 1.21. The number of hydrogen-bond acceptors (Lipinski definition) is 6. The third kappa shape index (κ3) is 1.93. The van der Waals surface area contributed by atoms with Gasteiger partial charge in [0.15, 0.2) is 0 Å². The highest BCUT2D eigenvalue weighted by atomic mass is 16.6. The Morgan fingerprint density at radius 2 is 2.29 bits per heavy atom. The largest absolute Gasteiger partial charge is 0.491 e. The lowest BCUT2D eigenvalue weighted by Gasteiger charge is -2.00. The molecule has 1 N–H and O–H groups in total. The van der Waals surface area contributed by atoms with Crippen molar-refractivity contribution in [3.63, 3.8) is 0 Å². The maximum atomic E-state index is 10.9. The molecule has 86 valence electrons. The molecule has 2 aromatic heterocycles. The van der Waals surface area contributed by atoms with E-state index in [-0.39, 0.29) is 11.3 Å². The molecule has 0 saturated carbocycles. The van der Waals surface area contributed by atoms with Crippen molar-refractivity contribution in [2.45, 2.75) is 0 Å². The summed E-state index contributed by atoms with van der Waals surface area (Å²) in [4.78, 5) is 27.6. The molecule has 17 heavy (non-hydrogen) atoms. The summed E-state index contributed by atoms with van der Waals surface area (Å²) in [6, 6.07) is 1.38. The van der Waals surface area contributed by atoms with Gasteiger partial charge in [-0.15, -0.1) is 4.68 Å². The van der Waals surface area contributed by atoms with Gasteiger partial charge in [-0.2, -0.15) is 0 Å². The Morgan fingerprint density at radius 3 is 2.88 bits per heavy atom. The third-order valence-electron chi connectivity index (χ3n) is 1.92. The Labute approximate surface area is 93.5 Å². The predicted molar refractivity (Wildman–Crippen MR) is 52.8 cm³/mol. The van der Waals surface area contributed by atoms with Gasteiger partial charge >= 0.3 is 11.9 Å². The summed E-state index contributed by atoms with van der Waals surface area (Å²) in [7, 11) is 0. The minimum absolute atomic E-state index is 0.118. The van der Waals surface area contributed by atoms with Crippen LogP contribution in [0.5, 0.6) is 0 Å². The molecule has 9 heteroatoms. The van der Waals surface area contributed by atoms with Crippen LogP contribution >= 0.6 is 0 Å². The lowest BCUT2D eigenvalue weighted by atomic mass is 10.2. The molecule has 0 aliphatic heterocycles. The van der Waals surface area contributed by atoms with Crippen LogP contribution in [0.4, 0.5) is 5.95 Å². The van der Waals surface area contributed by atoms with Crippen molar-refractivity contribution < 1.29 is 14.8 Å². The van der Waals surface area contributed by atoms with Crippen LogP contribution in [-0.2, 0) is 0 Å². The van der Waals surface area contributed by atoms with Gasteiger partial charge in [0, 0.05) is 17.5 Å². The number of nitro groups is 1. The van der Waals surface area contributed by atoms with Crippen LogP contribution in [0.1, 0.15) is 10.4 Å². The molecular weight excluding hydrogens is 230 g/mol. The van der Waals surface area contributed by atoms with Crippen molar-refractivity contribution in [1.82, 2.24) is 19.7 Å². The first-order chi connectivity index (χ1) is 8.09. The molecule has 0 aliphatic carbocycles. The fourth-order valence-corrected chi connectivity index (χ4v) is 1.21. The molecular formula is C8H5N5O4. The number of carboxylic acids is 1. The summed E-state index contributed by atoms with van der Waals surface area (Å²) in [6.45, 7) is 0. The average Bonchev–Trinajstić information content (AvgIpc) is 2.78. The Balaban J connectivity index is 2.52. The molecule has 2 heterocycles. The van der Waals surface area contributed by atoms with Crippen LogP contribution in [-0.4, -0.2) is 35.7 Å². The van der Waals surface area contributed by atoms with Gasteiger partial charge in [-0.05, 0) is 11.0 Å². The number of rotatable bonds is 3. The summed E-state index contributed by atoms with van der Waals surface area (Å²) in [5.74, 6) is -1.80. The van der Waals surface area contributed by atoms with Crippen molar-refractivity contribution in [2.24, 2.45) is 0 Å². The van der Waals surface area contributed by atoms with Crippen LogP contribution in [0.3, 0.4) is 0 Å². The van der Waals surface area contributed by atoms with Gasteiger partial charge in [-0.3, -0.25) is 4.98 Å². The van der Waals surface area contributed by atoms with E-state index in [0.29, 0.717) is 0 Å². The molecule has 2 rings (SSSR count). The summed E-state index contributed by atoms with van der Waals surface area (Å²) in [5, 5.41) is 22.8. The van der Waals surface area contributed by atoms with E-state index in [2.05, 4.69) is 15.1 Å². The molecule has 2 aromatic rings. The molecule has 9 nitrogen and oxygen atoms in total. The zero-order valence-electron chi connectivity index (χ0n) is 8.22. The van der Waals surface area contributed by atoms with Crippen LogP contribution < -0.4 is 0 Å². The van der Waals surface area contributed by atoms with Gasteiger partial charge < -0.3 is 15.2 Å². The minimum Gasteiger partial charge on any atom is -0.478 e. The predicted octanol–water partition coefficient (Wildman–Crippen LogP) is 0.269. The lowest BCUT2D eigenvalue weighted by molar-refractivity contribution is -0.394. The molecule has 0 spiro atoms. The number of aromatic nitrogens is 4. The second-order valence-corrected chi connectivity index (χ2v) is 2.94. The van der Waals surface area contributed by atoms with Gasteiger partial charge in [-0.25, -0.2) is 4.79 Å². The first-order valence-corrected chi connectivity index (χ1v) is 4.33. The van der Waals surface area contributed by atoms with Crippen molar-refractivity contribution >= 4 is 11.9 Å². The van der Waals surface area contributed by atoms with E-state index in [1.165, 1.54) is 12.3 Å². The molecule has 0 aromatic carbocycles. The number of carbonyl (C=O) groups is 1. The molecule has 0 radical (unpaired) electrons. The summed E-state index contributed by atoms with van der Waals surface area (Å²) >= 11 is 0. The van der Waals surface area contributed by atoms with Crippen molar-refractivity contribution in [3.8, 4) is 5.69 Å². The maximum absolute atomic E-state index is 10.9. The first-order valence-electron chi connectivity index (χ1n) is 4.33. The van der Waals surface area contributed by atoms with Crippen LogP contribution in [0.25, 0.3) is 5.69 Å². The van der Waals surface area contributed by atoms with Gasteiger partial charge in [0.05, 0.1) is 0 Å². The van der Waals surface area contributed by atoms with Crippen LogP contribution in [0, 0.1) is 10.1 Å². The van der Waals surface area contributed by atoms with E-state index >= 15 is 0 Å². The molecule has 0 amide bonds. The third-order valence-corrected chi connectivity index (χ3v) is 1.92. The highest BCUT2D eigenvalue weighted by molar-refractivity contribution is 5.91. The highest BCUT2D eigenvalue weighted by Gasteiger charge is 2.18. The first kappa shape index (κ1) is 10.7. The number of aromatic carboxylic acids is 1. The number of hydrogen-bond donors (Lipinski definition) is 1. The monoisotopic (exact) mass is 235 g/mol.